The predicted octanol–water partition coefficient (Wildman–Crippen LogP) is 5.71. The number of carbonyl (C=O) groups is 1. The molecule has 0 aliphatic carbocycles. The molecule has 1 amide bonds. The van der Waals surface area contributed by atoms with E-state index in [0.29, 0.717) is 45.4 Å². The van der Waals surface area contributed by atoms with Crippen molar-refractivity contribution in [1.29, 1.82) is 0 Å². The van der Waals surface area contributed by atoms with Gasteiger partial charge in [0.25, 0.3) is 5.91 Å². The van der Waals surface area contributed by atoms with Gasteiger partial charge in [-0.2, -0.15) is 0 Å². The fourth-order valence-corrected chi connectivity index (χ4v) is 4.26. The first-order valence-corrected chi connectivity index (χ1v) is 12.0. The molecule has 0 radical (unpaired) electrons. The van der Waals surface area contributed by atoms with Gasteiger partial charge in [0.05, 0.1) is 31.4 Å². The van der Waals surface area contributed by atoms with Crippen molar-refractivity contribution in [2.75, 3.05) is 20.8 Å². The molecule has 0 unspecified atom stereocenters. The number of amidine groups is 1. The van der Waals surface area contributed by atoms with Crippen molar-refractivity contribution in [3.8, 4) is 23.0 Å². The minimum Gasteiger partial charge on any atom is -0.497 e. The summed E-state index contributed by atoms with van der Waals surface area (Å²) in [4.78, 5) is 17.3. The number of amides is 1. The summed E-state index contributed by atoms with van der Waals surface area (Å²) in [5.41, 5.74) is 2.15. The topological polar surface area (TPSA) is 78.4 Å². The van der Waals surface area contributed by atoms with Crippen LogP contribution < -0.4 is 24.3 Å². The second-order valence-corrected chi connectivity index (χ2v) is 8.59. The monoisotopic (exact) mass is 508 g/mol. The van der Waals surface area contributed by atoms with E-state index in [1.807, 2.05) is 37.3 Å². The lowest BCUT2D eigenvalue weighted by Gasteiger charge is -2.15. The Morgan fingerprint density at radius 1 is 0.944 bits per heavy atom. The summed E-state index contributed by atoms with van der Waals surface area (Å²) in [6, 6.07) is 16.7. The van der Waals surface area contributed by atoms with Crippen molar-refractivity contribution < 1.29 is 28.1 Å². The molecule has 0 saturated carbocycles. The molecule has 0 bridgehead atoms. The highest BCUT2D eigenvalue weighted by molar-refractivity contribution is 8.18. The summed E-state index contributed by atoms with van der Waals surface area (Å²) in [5.74, 6) is 1.91. The average Bonchev–Trinajstić information content (AvgIpc) is 3.23. The van der Waals surface area contributed by atoms with Crippen LogP contribution in [-0.2, 0) is 11.4 Å². The number of aliphatic imine (C=N–C) groups is 1. The van der Waals surface area contributed by atoms with Gasteiger partial charge < -0.3 is 24.3 Å². The maximum Gasteiger partial charge on any atom is 0.264 e. The number of methoxy groups -OCH3 is 2. The van der Waals surface area contributed by atoms with Crippen LogP contribution in [0.4, 0.5) is 10.1 Å². The fourth-order valence-electron chi connectivity index (χ4n) is 3.42. The highest BCUT2D eigenvalue weighted by atomic mass is 32.2. The van der Waals surface area contributed by atoms with E-state index < -0.39 is 0 Å². The second-order valence-electron chi connectivity index (χ2n) is 7.56. The maximum atomic E-state index is 13.1. The van der Waals surface area contributed by atoms with Gasteiger partial charge in [0, 0.05) is 5.56 Å². The Balaban J connectivity index is 1.52. The molecular formula is C27H25FN2O5S. The van der Waals surface area contributed by atoms with Gasteiger partial charge in [0.15, 0.2) is 16.7 Å². The average molecular weight is 509 g/mol. The maximum absolute atomic E-state index is 13.1. The number of hydrogen-bond donors (Lipinski definition) is 1. The Kier molecular flexibility index (Phi) is 8.12. The van der Waals surface area contributed by atoms with E-state index in [1.165, 1.54) is 23.9 Å². The minimum atomic E-state index is -0.345. The summed E-state index contributed by atoms with van der Waals surface area (Å²) in [6.07, 6.45) is 1.75. The molecule has 1 aliphatic heterocycles. The van der Waals surface area contributed by atoms with Crippen LogP contribution in [0.2, 0.25) is 0 Å². The molecular weight excluding hydrogens is 483 g/mol. The highest BCUT2D eigenvalue weighted by Crippen LogP contribution is 2.34. The summed E-state index contributed by atoms with van der Waals surface area (Å²) < 4.78 is 35.7. The molecule has 3 aromatic carbocycles. The molecule has 186 valence electrons. The van der Waals surface area contributed by atoms with Crippen LogP contribution in [0.3, 0.4) is 0 Å². The van der Waals surface area contributed by atoms with Crippen molar-refractivity contribution >= 4 is 34.6 Å². The highest BCUT2D eigenvalue weighted by Gasteiger charge is 2.24. The van der Waals surface area contributed by atoms with Crippen molar-refractivity contribution in [2.24, 2.45) is 4.99 Å². The van der Waals surface area contributed by atoms with E-state index in [0.717, 1.165) is 11.1 Å². The summed E-state index contributed by atoms with van der Waals surface area (Å²) in [6.45, 7) is 2.59. The van der Waals surface area contributed by atoms with Crippen LogP contribution in [-0.4, -0.2) is 31.9 Å². The second kappa shape index (κ2) is 11.6. The van der Waals surface area contributed by atoms with E-state index in [-0.39, 0.29) is 18.3 Å². The van der Waals surface area contributed by atoms with Crippen LogP contribution in [0.25, 0.3) is 6.08 Å². The number of nitrogens with zero attached hydrogens (tertiary/aromatic N) is 1. The first-order chi connectivity index (χ1) is 17.5. The molecule has 3 aromatic rings. The van der Waals surface area contributed by atoms with Crippen LogP contribution in [0.15, 0.2) is 70.6 Å². The zero-order chi connectivity index (χ0) is 25.5. The summed E-state index contributed by atoms with van der Waals surface area (Å²) in [5, 5.41) is 3.16. The van der Waals surface area contributed by atoms with E-state index in [9.17, 15) is 9.18 Å². The lowest BCUT2D eigenvalue weighted by molar-refractivity contribution is -0.115. The van der Waals surface area contributed by atoms with Gasteiger partial charge >= 0.3 is 0 Å². The molecule has 1 aliphatic rings. The third kappa shape index (κ3) is 6.17. The van der Waals surface area contributed by atoms with Crippen LogP contribution in [0.5, 0.6) is 23.0 Å². The van der Waals surface area contributed by atoms with E-state index in [1.54, 1.807) is 38.5 Å². The smallest absolute Gasteiger partial charge is 0.264 e. The van der Waals surface area contributed by atoms with Crippen LogP contribution >= 0.6 is 11.8 Å². The SMILES string of the molecule is CCOc1cc(/C=C2\SC(=Nc3ccc(F)cc3)NC2=O)ccc1OCc1cc(OC)ccc1OC. The van der Waals surface area contributed by atoms with Gasteiger partial charge in [0.1, 0.15) is 23.9 Å². The van der Waals surface area contributed by atoms with Crippen molar-refractivity contribution in [3.63, 3.8) is 0 Å². The molecule has 1 N–H and O–H groups in total. The van der Waals surface area contributed by atoms with Gasteiger partial charge in [0.2, 0.25) is 0 Å². The van der Waals surface area contributed by atoms with Gasteiger partial charge in [-0.1, -0.05) is 6.07 Å². The number of rotatable bonds is 9. The Labute approximate surface area is 212 Å². The molecule has 0 aromatic heterocycles. The number of ether oxygens (including phenoxy) is 4. The van der Waals surface area contributed by atoms with Crippen LogP contribution in [0, 0.1) is 5.82 Å². The normalized spacial score (nSPS) is 15.2. The molecule has 36 heavy (non-hydrogen) atoms. The third-order valence-electron chi connectivity index (χ3n) is 5.14. The van der Waals surface area contributed by atoms with Crippen molar-refractivity contribution in [1.82, 2.24) is 5.32 Å². The first kappa shape index (κ1) is 25.1. The Hall–Kier alpha value is -3.98. The summed E-state index contributed by atoms with van der Waals surface area (Å²) in [7, 11) is 3.21. The lowest BCUT2D eigenvalue weighted by Crippen LogP contribution is -2.19. The Morgan fingerprint density at radius 2 is 1.72 bits per heavy atom. The minimum absolute atomic E-state index is 0.252. The fraction of sp³-hybridized carbons (Fsp3) is 0.185. The Morgan fingerprint density at radius 3 is 2.44 bits per heavy atom. The Bertz CT molecular complexity index is 1310. The van der Waals surface area contributed by atoms with E-state index in [2.05, 4.69) is 10.3 Å². The number of thioether (sulfide) groups is 1. The number of nitrogens with one attached hydrogen (secondary N) is 1. The molecule has 0 spiro atoms. The zero-order valence-electron chi connectivity index (χ0n) is 20.0. The molecule has 9 heteroatoms. The van der Waals surface area contributed by atoms with Gasteiger partial charge in [-0.3, -0.25) is 4.79 Å². The molecule has 7 nitrogen and oxygen atoms in total. The number of carbonyl (C=O) groups excluding carboxylic acids is 1. The third-order valence-corrected chi connectivity index (χ3v) is 6.05. The quantitative estimate of drug-likeness (QED) is 0.373. The zero-order valence-corrected chi connectivity index (χ0v) is 20.9. The summed E-state index contributed by atoms with van der Waals surface area (Å²) >= 11 is 1.21. The molecule has 0 atom stereocenters. The van der Waals surface area contributed by atoms with Gasteiger partial charge in [-0.15, -0.1) is 0 Å². The van der Waals surface area contributed by atoms with E-state index in [4.69, 9.17) is 18.9 Å². The van der Waals surface area contributed by atoms with Crippen molar-refractivity contribution in [3.05, 3.63) is 82.5 Å². The van der Waals surface area contributed by atoms with Crippen LogP contribution in [0.1, 0.15) is 18.1 Å². The van der Waals surface area contributed by atoms with E-state index >= 15 is 0 Å². The molecule has 1 saturated heterocycles. The molecule has 4 rings (SSSR count). The largest absolute Gasteiger partial charge is 0.497 e. The van der Waals surface area contributed by atoms with Crippen molar-refractivity contribution in [2.45, 2.75) is 13.5 Å². The number of halogens is 1. The first-order valence-electron chi connectivity index (χ1n) is 11.1. The predicted molar refractivity (Wildman–Crippen MR) is 139 cm³/mol. The van der Waals surface area contributed by atoms with Gasteiger partial charge in [-0.05, 0) is 84.9 Å². The molecule has 1 fully saturated rings. The van der Waals surface area contributed by atoms with Gasteiger partial charge in [-0.25, -0.2) is 9.38 Å². The standard InChI is InChI=1S/C27H25FN2O5S/c1-4-34-24-13-17(5-11-23(24)35-16-18-15-21(32-2)10-12-22(18)33-3)14-25-26(31)30-27(36-25)29-20-8-6-19(28)7-9-20/h5-15H,4,16H2,1-3H3,(H,29,30,31)/b25-14-. The number of hydrogen-bond acceptors (Lipinski definition) is 7. The number of benzene rings is 3. The lowest BCUT2D eigenvalue weighted by atomic mass is 10.1. The molecule has 1 heterocycles.